The van der Waals surface area contributed by atoms with Crippen molar-refractivity contribution in [1.82, 2.24) is 15.5 Å². The SMILES string of the molecule is O=C(N[C@@H]1CCCN(c2cc(-c3ccc(F)cc3)[nH]n2)C1)c1ccsc1. The maximum absolute atomic E-state index is 13.1. The molecule has 0 spiro atoms. The Bertz CT molecular complexity index is 875. The summed E-state index contributed by atoms with van der Waals surface area (Å²) in [6.45, 7) is 1.63. The van der Waals surface area contributed by atoms with E-state index in [1.807, 2.05) is 22.9 Å². The number of hydrogen-bond donors (Lipinski definition) is 2. The Balaban J connectivity index is 1.43. The highest BCUT2D eigenvalue weighted by atomic mass is 32.1. The zero-order valence-electron chi connectivity index (χ0n) is 14.1. The average Bonchev–Trinajstić information content (AvgIpc) is 3.35. The van der Waals surface area contributed by atoms with Crippen LogP contribution in [0.15, 0.2) is 47.2 Å². The van der Waals surface area contributed by atoms with Gasteiger partial charge >= 0.3 is 0 Å². The molecule has 4 rings (SSSR count). The molecule has 1 aliphatic heterocycles. The smallest absolute Gasteiger partial charge is 0.252 e. The Morgan fingerprint density at radius 2 is 2.15 bits per heavy atom. The van der Waals surface area contributed by atoms with Gasteiger partial charge in [0, 0.05) is 36.1 Å². The van der Waals surface area contributed by atoms with Crippen molar-refractivity contribution in [3.05, 3.63) is 58.5 Å². The van der Waals surface area contributed by atoms with E-state index >= 15 is 0 Å². The van der Waals surface area contributed by atoms with E-state index in [1.165, 1.54) is 23.5 Å². The van der Waals surface area contributed by atoms with E-state index < -0.39 is 0 Å². The lowest BCUT2D eigenvalue weighted by atomic mass is 10.1. The fourth-order valence-corrected chi connectivity index (χ4v) is 3.85. The number of carbonyl (C=O) groups excluding carboxylic acids is 1. The monoisotopic (exact) mass is 370 g/mol. The largest absolute Gasteiger partial charge is 0.353 e. The first-order valence-electron chi connectivity index (χ1n) is 8.58. The first kappa shape index (κ1) is 16.8. The Morgan fingerprint density at radius 3 is 2.92 bits per heavy atom. The number of hydrogen-bond acceptors (Lipinski definition) is 4. The summed E-state index contributed by atoms with van der Waals surface area (Å²) in [5.74, 6) is 0.569. The topological polar surface area (TPSA) is 61.0 Å². The van der Waals surface area contributed by atoms with Crippen molar-refractivity contribution in [3.8, 4) is 11.3 Å². The molecule has 0 unspecified atom stereocenters. The van der Waals surface area contributed by atoms with Gasteiger partial charge in [-0.15, -0.1) is 0 Å². The van der Waals surface area contributed by atoms with E-state index in [2.05, 4.69) is 20.4 Å². The number of nitrogens with one attached hydrogen (secondary N) is 2. The number of halogens is 1. The number of rotatable bonds is 4. The summed E-state index contributed by atoms with van der Waals surface area (Å²) in [7, 11) is 0. The second-order valence-electron chi connectivity index (χ2n) is 6.42. The summed E-state index contributed by atoms with van der Waals surface area (Å²) in [5, 5.41) is 14.3. The van der Waals surface area contributed by atoms with E-state index in [1.54, 1.807) is 12.1 Å². The van der Waals surface area contributed by atoms with Gasteiger partial charge in [-0.2, -0.15) is 16.4 Å². The molecule has 1 fully saturated rings. The Morgan fingerprint density at radius 1 is 1.31 bits per heavy atom. The van der Waals surface area contributed by atoms with Crippen LogP contribution in [0.2, 0.25) is 0 Å². The van der Waals surface area contributed by atoms with Gasteiger partial charge in [-0.25, -0.2) is 4.39 Å². The van der Waals surface area contributed by atoms with Gasteiger partial charge in [-0.3, -0.25) is 9.89 Å². The molecule has 0 aliphatic carbocycles. The summed E-state index contributed by atoms with van der Waals surface area (Å²) in [5.41, 5.74) is 2.46. The standard InChI is InChI=1S/C19H19FN4OS/c20-15-5-3-13(4-6-15)17-10-18(23-22-17)24-8-1-2-16(11-24)21-19(25)14-7-9-26-12-14/h3-7,9-10,12,16H,1-2,8,11H2,(H,21,25)(H,22,23)/t16-/m1/s1. The molecule has 1 saturated heterocycles. The molecule has 0 bridgehead atoms. The quantitative estimate of drug-likeness (QED) is 0.737. The lowest BCUT2D eigenvalue weighted by Gasteiger charge is -2.33. The first-order chi connectivity index (χ1) is 12.7. The van der Waals surface area contributed by atoms with Crippen LogP contribution >= 0.6 is 11.3 Å². The van der Waals surface area contributed by atoms with Crippen LogP contribution < -0.4 is 10.2 Å². The zero-order chi connectivity index (χ0) is 17.9. The minimum absolute atomic E-state index is 0.0212. The fraction of sp³-hybridized carbons (Fsp3) is 0.263. The van der Waals surface area contributed by atoms with Crippen molar-refractivity contribution >= 4 is 23.1 Å². The third kappa shape index (κ3) is 3.62. The summed E-state index contributed by atoms with van der Waals surface area (Å²) < 4.78 is 13.1. The van der Waals surface area contributed by atoms with Crippen molar-refractivity contribution < 1.29 is 9.18 Å². The number of nitrogens with zero attached hydrogens (tertiary/aromatic N) is 2. The zero-order valence-corrected chi connectivity index (χ0v) is 14.9. The molecule has 1 atom stereocenters. The van der Waals surface area contributed by atoms with Crippen LogP contribution in [-0.2, 0) is 0 Å². The van der Waals surface area contributed by atoms with E-state index in [-0.39, 0.29) is 17.8 Å². The van der Waals surface area contributed by atoms with Crippen molar-refractivity contribution in [2.24, 2.45) is 0 Å². The summed E-state index contributed by atoms with van der Waals surface area (Å²) in [4.78, 5) is 14.4. The molecule has 2 aromatic heterocycles. The first-order valence-corrected chi connectivity index (χ1v) is 9.53. The maximum Gasteiger partial charge on any atom is 0.252 e. The van der Waals surface area contributed by atoms with Crippen molar-refractivity contribution in [2.75, 3.05) is 18.0 Å². The third-order valence-corrected chi connectivity index (χ3v) is 5.27. The van der Waals surface area contributed by atoms with Gasteiger partial charge in [-0.05, 0) is 54.1 Å². The molecule has 1 aromatic carbocycles. The molecule has 26 heavy (non-hydrogen) atoms. The normalized spacial score (nSPS) is 17.3. The Kier molecular flexibility index (Phi) is 4.71. The van der Waals surface area contributed by atoms with Crippen LogP contribution in [-0.4, -0.2) is 35.2 Å². The number of benzene rings is 1. The highest BCUT2D eigenvalue weighted by Gasteiger charge is 2.23. The van der Waals surface area contributed by atoms with Crippen molar-refractivity contribution in [1.29, 1.82) is 0 Å². The molecule has 1 aliphatic rings. The van der Waals surface area contributed by atoms with Gasteiger partial charge in [0.05, 0.1) is 5.69 Å². The number of anilines is 1. The molecule has 0 radical (unpaired) electrons. The van der Waals surface area contributed by atoms with E-state index in [0.717, 1.165) is 43.0 Å². The van der Waals surface area contributed by atoms with Crippen LogP contribution in [0.5, 0.6) is 0 Å². The average molecular weight is 370 g/mol. The van der Waals surface area contributed by atoms with Crippen LogP contribution in [0.1, 0.15) is 23.2 Å². The highest BCUT2D eigenvalue weighted by Crippen LogP contribution is 2.24. The van der Waals surface area contributed by atoms with E-state index in [0.29, 0.717) is 5.56 Å². The molecular formula is C19H19FN4OS. The Labute approximate surface area is 154 Å². The molecule has 3 aromatic rings. The lowest BCUT2D eigenvalue weighted by molar-refractivity contribution is 0.0933. The molecule has 5 nitrogen and oxygen atoms in total. The van der Waals surface area contributed by atoms with Crippen molar-refractivity contribution in [3.63, 3.8) is 0 Å². The number of piperidine rings is 1. The second-order valence-corrected chi connectivity index (χ2v) is 7.20. The predicted molar refractivity (Wildman–Crippen MR) is 101 cm³/mol. The molecule has 7 heteroatoms. The molecule has 3 heterocycles. The molecular weight excluding hydrogens is 351 g/mol. The number of amides is 1. The minimum atomic E-state index is -0.256. The number of carbonyl (C=O) groups is 1. The number of aromatic nitrogens is 2. The molecule has 2 N–H and O–H groups in total. The summed E-state index contributed by atoms with van der Waals surface area (Å²) in [6.07, 6.45) is 1.95. The van der Waals surface area contributed by atoms with Crippen LogP contribution in [0.4, 0.5) is 10.2 Å². The van der Waals surface area contributed by atoms with E-state index in [4.69, 9.17) is 0 Å². The van der Waals surface area contributed by atoms with Crippen LogP contribution in [0, 0.1) is 5.82 Å². The van der Waals surface area contributed by atoms with Crippen molar-refractivity contribution in [2.45, 2.75) is 18.9 Å². The fourth-order valence-electron chi connectivity index (χ4n) is 3.22. The predicted octanol–water partition coefficient (Wildman–Crippen LogP) is 3.68. The number of thiophene rings is 1. The second kappa shape index (κ2) is 7.29. The number of H-pyrrole nitrogens is 1. The summed E-state index contributed by atoms with van der Waals surface area (Å²) >= 11 is 1.52. The minimum Gasteiger partial charge on any atom is -0.353 e. The van der Waals surface area contributed by atoms with Gasteiger partial charge in [0.15, 0.2) is 5.82 Å². The summed E-state index contributed by atoms with van der Waals surface area (Å²) in [6, 6.07) is 10.2. The number of aromatic amines is 1. The highest BCUT2D eigenvalue weighted by molar-refractivity contribution is 7.08. The van der Waals surface area contributed by atoms with Gasteiger partial charge in [0.2, 0.25) is 0 Å². The third-order valence-electron chi connectivity index (χ3n) is 4.58. The van der Waals surface area contributed by atoms with Gasteiger partial charge < -0.3 is 10.2 Å². The molecule has 1 amide bonds. The van der Waals surface area contributed by atoms with Crippen LogP contribution in [0.25, 0.3) is 11.3 Å². The van der Waals surface area contributed by atoms with Crippen LogP contribution in [0.3, 0.4) is 0 Å². The lowest BCUT2D eigenvalue weighted by Crippen LogP contribution is -2.47. The Hall–Kier alpha value is -2.67. The molecule has 134 valence electrons. The van der Waals surface area contributed by atoms with Gasteiger partial charge in [0.25, 0.3) is 5.91 Å². The maximum atomic E-state index is 13.1. The van der Waals surface area contributed by atoms with E-state index in [9.17, 15) is 9.18 Å². The molecule has 0 saturated carbocycles. The van der Waals surface area contributed by atoms with Gasteiger partial charge in [0.1, 0.15) is 5.82 Å². The van der Waals surface area contributed by atoms with Gasteiger partial charge in [-0.1, -0.05) is 0 Å².